The van der Waals surface area contributed by atoms with Gasteiger partial charge in [0.2, 0.25) is 0 Å². The molecule has 0 aliphatic rings. The Hall–Kier alpha value is -3.45. The minimum atomic E-state index is -0.599. The normalized spacial score (nSPS) is 10.4. The summed E-state index contributed by atoms with van der Waals surface area (Å²) in [7, 11) is 0. The molecule has 0 saturated carbocycles. The maximum absolute atomic E-state index is 12.7. The van der Waals surface area contributed by atoms with Gasteiger partial charge in [-0.3, -0.25) is 4.79 Å². The lowest BCUT2D eigenvalue weighted by atomic mass is 10.1. The van der Waals surface area contributed by atoms with Gasteiger partial charge >= 0.3 is 11.9 Å². The Morgan fingerprint density at radius 2 is 1.68 bits per heavy atom. The van der Waals surface area contributed by atoms with E-state index in [0.29, 0.717) is 11.1 Å². The van der Waals surface area contributed by atoms with Gasteiger partial charge in [-0.25, -0.2) is 9.59 Å². The second-order valence-electron chi connectivity index (χ2n) is 6.87. The average molecular weight is 438 g/mol. The first-order valence-electron chi connectivity index (χ1n) is 9.80. The van der Waals surface area contributed by atoms with E-state index in [0.717, 1.165) is 22.5 Å². The van der Waals surface area contributed by atoms with Crippen LogP contribution in [0.5, 0.6) is 0 Å². The van der Waals surface area contributed by atoms with Crippen molar-refractivity contribution in [3.05, 3.63) is 87.3 Å². The predicted molar refractivity (Wildman–Crippen MR) is 120 cm³/mol. The summed E-state index contributed by atoms with van der Waals surface area (Å²) in [6, 6.07) is 16.4. The van der Waals surface area contributed by atoms with Crippen LogP contribution >= 0.6 is 11.3 Å². The molecule has 160 valence electrons. The predicted octanol–water partition coefficient (Wildman–Crippen LogP) is 5.15. The van der Waals surface area contributed by atoms with Crippen LogP contribution in [0.25, 0.3) is 0 Å². The van der Waals surface area contributed by atoms with Crippen LogP contribution in [0.4, 0.5) is 5.00 Å². The van der Waals surface area contributed by atoms with E-state index in [1.165, 1.54) is 0 Å². The Morgan fingerprint density at radius 3 is 2.35 bits per heavy atom. The second kappa shape index (κ2) is 10.0. The average Bonchev–Trinajstić information content (AvgIpc) is 3.08. The first kappa shape index (κ1) is 22.2. The number of rotatable bonds is 7. The van der Waals surface area contributed by atoms with Crippen molar-refractivity contribution in [1.82, 2.24) is 0 Å². The van der Waals surface area contributed by atoms with Gasteiger partial charge in [-0.1, -0.05) is 48.0 Å². The molecule has 0 radical (unpaired) electrons. The van der Waals surface area contributed by atoms with Gasteiger partial charge in [0.05, 0.1) is 12.2 Å². The summed E-state index contributed by atoms with van der Waals surface area (Å²) in [5.41, 5.74) is 2.82. The molecule has 0 atom stereocenters. The number of hydrogen-bond donors (Lipinski definition) is 1. The zero-order valence-corrected chi connectivity index (χ0v) is 18.4. The van der Waals surface area contributed by atoms with Crippen molar-refractivity contribution in [3.8, 4) is 0 Å². The second-order valence-corrected chi connectivity index (χ2v) is 7.89. The van der Waals surface area contributed by atoms with Crippen LogP contribution in [0.2, 0.25) is 0 Å². The molecular weight excluding hydrogens is 414 g/mol. The number of aryl methyl sites for hydroxylation is 1. The van der Waals surface area contributed by atoms with Gasteiger partial charge in [0, 0.05) is 5.56 Å². The van der Waals surface area contributed by atoms with Crippen LogP contribution in [-0.2, 0) is 16.1 Å². The third-order valence-corrected chi connectivity index (χ3v) is 5.72. The highest BCUT2D eigenvalue weighted by Gasteiger charge is 2.27. The van der Waals surface area contributed by atoms with Crippen molar-refractivity contribution >= 4 is 34.2 Å². The van der Waals surface area contributed by atoms with E-state index in [1.54, 1.807) is 32.0 Å². The summed E-state index contributed by atoms with van der Waals surface area (Å²) in [4.78, 5) is 38.2. The summed E-state index contributed by atoms with van der Waals surface area (Å²) in [6.45, 7) is 5.50. The number of ether oxygens (including phenoxy) is 2. The number of esters is 2. The number of anilines is 1. The fourth-order valence-corrected chi connectivity index (χ4v) is 4.08. The van der Waals surface area contributed by atoms with Crippen molar-refractivity contribution in [1.29, 1.82) is 0 Å². The third-order valence-electron chi connectivity index (χ3n) is 4.53. The molecule has 2 aromatic carbocycles. The quantitative estimate of drug-likeness (QED) is 0.517. The highest BCUT2D eigenvalue weighted by atomic mass is 32.1. The molecule has 1 N–H and O–H groups in total. The molecule has 0 spiro atoms. The van der Waals surface area contributed by atoms with Crippen LogP contribution in [0.1, 0.15) is 54.0 Å². The number of thiophene rings is 1. The van der Waals surface area contributed by atoms with Gasteiger partial charge in [-0.15, -0.1) is 11.3 Å². The fraction of sp³-hybridized carbons (Fsp3) is 0.208. The van der Waals surface area contributed by atoms with E-state index in [1.807, 2.05) is 43.3 Å². The zero-order chi connectivity index (χ0) is 22.4. The molecule has 0 aliphatic carbocycles. The Balaban J connectivity index is 1.88. The van der Waals surface area contributed by atoms with E-state index < -0.39 is 11.9 Å². The van der Waals surface area contributed by atoms with Crippen molar-refractivity contribution in [3.63, 3.8) is 0 Å². The van der Waals surface area contributed by atoms with Gasteiger partial charge in [-0.2, -0.15) is 0 Å². The number of nitrogens with one attached hydrogen (secondary N) is 1. The van der Waals surface area contributed by atoms with Gasteiger partial charge in [0.25, 0.3) is 5.91 Å². The minimum Gasteiger partial charge on any atom is -0.462 e. The summed E-state index contributed by atoms with van der Waals surface area (Å²) in [5.74, 6) is -1.54. The Bertz CT molecular complexity index is 1100. The Kier molecular flexibility index (Phi) is 7.20. The molecule has 0 bridgehead atoms. The molecule has 1 amide bonds. The van der Waals surface area contributed by atoms with Crippen molar-refractivity contribution < 1.29 is 23.9 Å². The molecule has 7 heteroatoms. The molecule has 31 heavy (non-hydrogen) atoms. The Labute approximate surface area is 184 Å². The van der Waals surface area contributed by atoms with Gasteiger partial charge in [-0.05, 0) is 44.0 Å². The van der Waals surface area contributed by atoms with Gasteiger partial charge < -0.3 is 14.8 Å². The fourth-order valence-electron chi connectivity index (χ4n) is 3.00. The SMILES string of the molecule is CCOC(=O)c1c(NC(=O)c2cccc(C)c2)sc(C(=O)OCc2ccccc2)c1C. The van der Waals surface area contributed by atoms with Crippen molar-refractivity contribution in [2.45, 2.75) is 27.4 Å². The number of amides is 1. The van der Waals surface area contributed by atoms with E-state index >= 15 is 0 Å². The number of hydrogen-bond acceptors (Lipinski definition) is 6. The first-order valence-corrected chi connectivity index (χ1v) is 10.6. The minimum absolute atomic E-state index is 0.108. The molecule has 0 saturated heterocycles. The smallest absolute Gasteiger partial charge is 0.349 e. The topological polar surface area (TPSA) is 81.7 Å². The maximum atomic E-state index is 12.7. The molecule has 1 heterocycles. The van der Waals surface area contributed by atoms with E-state index in [-0.39, 0.29) is 34.6 Å². The summed E-state index contributed by atoms with van der Waals surface area (Å²) >= 11 is 1.00. The van der Waals surface area contributed by atoms with E-state index in [9.17, 15) is 14.4 Å². The van der Waals surface area contributed by atoms with Crippen LogP contribution in [0, 0.1) is 13.8 Å². The highest BCUT2D eigenvalue weighted by Crippen LogP contribution is 2.35. The number of benzene rings is 2. The lowest BCUT2D eigenvalue weighted by Crippen LogP contribution is -2.15. The lowest BCUT2D eigenvalue weighted by Gasteiger charge is -2.07. The van der Waals surface area contributed by atoms with Gasteiger partial charge in [0.15, 0.2) is 0 Å². The van der Waals surface area contributed by atoms with Crippen molar-refractivity contribution in [2.24, 2.45) is 0 Å². The van der Waals surface area contributed by atoms with Crippen LogP contribution in [-0.4, -0.2) is 24.5 Å². The van der Waals surface area contributed by atoms with E-state index in [2.05, 4.69) is 5.32 Å². The Morgan fingerprint density at radius 1 is 0.935 bits per heavy atom. The highest BCUT2D eigenvalue weighted by molar-refractivity contribution is 7.18. The summed E-state index contributed by atoms with van der Waals surface area (Å²) in [6.07, 6.45) is 0. The molecule has 3 rings (SSSR count). The van der Waals surface area contributed by atoms with Crippen LogP contribution in [0.3, 0.4) is 0 Å². The first-order chi connectivity index (χ1) is 14.9. The molecule has 0 aliphatic heterocycles. The zero-order valence-electron chi connectivity index (χ0n) is 17.6. The van der Waals surface area contributed by atoms with Crippen LogP contribution in [0.15, 0.2) is 54.6 Å². The summed E-state index contributed by atoms with van der Waals surface area (Å²) < 4.78 is 10.6. The molecule has 0 fully saturated rings. The molecular formula is C24H23NO5S. The van der Waals surface area contributed by atoms with Crippen molar-refractivity contribution in [2.75, 3.05) is 11.9 Å². The standard InChI is InChI=1S/C24H23NO5S/c1-4-29-23(27)19-16(3)20(24(28)30-14-17-10-6-5-7-11-17)31-22(19)25-21(26)18-12-8-9-15(2)13-18/h5-13H,4,14H2,1-3H3,(H,25,26). The maximum Gasteiger partial charge on any atom is 0.349 e. The molecule has 3 aromatic rings. The number of carbonyl (C=O) groups is 3. The summed E-state index contributed by atoms with van der Waals surface area (Å²) in [5, 5.41) is 3.01. The molecule has 6 nitrogen and oxygen atoms in total. The number of carbonyl (C=O) groups excluding carboxylic acids is 3. The lowest BCUT2D eigenvalue weighted by molar-refractivity contribution is 0.0477. The largest absolute Gasteiger partial charge is 0.462 e. The third kappa shape index (κ3) is 5.38. The molecule has 1 aromatic heterocycles. The van der Waals surface area contributed by atoms with Crippen LogP contribution < -0.4 is 5.32 Å². The monoisotopic (exact) mass is 437 g/mol. The molecule has 0 unspecified atom stereocenters. The van der Waals surface area contributed by atoms with E-state index in [4.69, 9.17) is 9.47 Å². The van der Waals surface area contributed by atoms with Gasteiger partial charge in [0.1, 0.15) is 16.5 Å².